The molecule has 1 N–H and O–H groups in total. The summed E-state index contributed by atoms with van der Waals surface area (Å²) in [5.74, 6) is 0.147. The van der Waals surface area contributed by atoms with Gasteiger partial charge in [0.1, 0.15) is 5.75 Å². The molecule has 0 spiro atoms. The van der Waals surface area contributed by atoms with Gasteiger partial charge in [0.15, 0.2) is 0 Å². The predicted octanol–water partition coefficient (Wildman–Crippen LogP) is 4.73. The predicted molar refractivity (Wildman–Crippen MR) is 80.1 cm³/mol. The van der Waals surface area contributed by atoms with Gasteiger partial charge in [-0.25, -0.2) is 0 Å². The van der Waals surface area contributed by atoms with Gasteiger partial charge in [-0.2, -0.15) is 13.2 Å². The van der Waals surface area contributed by atoms with Crippen molar-refractivity contribution in [3.63, 3.8) is 0 Å². The van der Waals surface area contributed by atoms with Gasteiger partial charge in [-0.15, -0.1) is 0 Å². The lowest BCUT2D eigenvalue weighted by atomic mass is 10.1. The van der Waals surface area contributed by atoms with Gasteiger partial charge in [-0.05, 0) is 58.4 Å². The average Bonchev–Trinajstić information content (AvgIpc) is 2.46. The van der Waals surface area contributed by atoms with Gasteiger partial charge in [0.2, 0.25) is 0 Å². The molecule has 0 saturated heterocycles. The molecule has 3 nitrogen and oxygen atoms in total. The highest BCUT2D eigenvalue weighted by molar-refractivity contribution is 9.10. The first kappa shape index (κ1) is 16.4. The summed E-state index contributed by atoms with van der Waals surface area (Å²) in [6, 6.07) is 8.99. The Bertz CT molecular complexity index is 684. The molecule has 2 rings (SSSR count). The molecule has 1 amide bonds. The van der Waals surface area contributed by atoms with Gasteiger partial charge in [0.05, 0.1) is 17.1 Å². The number of carbonyl (C=O) groups excluding carboxylic acids is 1. The standard InChI is InChI=1S/C15H11BrF3NO2/c1-22-13-7-2-9(8-12(13)16)14(21)20-11-5-3-10(4-6-11)15(17,18)19/h2-8H,1H3,(H,20,21). The molecule has 0 fully saturated rings. The van der Waals surface area contributed by atoms with Crippen LogP contribution in [0.4, 0.5) is 18.9 Å². The van der Waals surface area contributed by atoms with E-state index in [0.29, 0.717) is 15.8 Å². The zero-order chi connectivity index (χ0) is 16.3. The van der Waals surface area contributed by atoms with E-state index in [4.69, 9.17) is 4.74 Å². The van der Waals surface area contributed by atoms with Gasteiger partial charge in [-0.1, -0.05) is 0 Å². The van der Waals surface area contributed by atoms with E-state index in [9.17, 15) is 18.0 Å². The number of alkyl halides is 3. The Morgan fingerprint density at radius 2 is 1.77 bits per heavy atom. The minimum Gasteiger partial charge on any atom is -0.496 e. The highest BCUT2D eigenvalue weighted by atomic mass is 79.9. The Kier molecular flexibility index (Phi) is 4.75. The first-order valence-electron chi connectivity index (χ1n) is 6.13. The SMILES string of the molecule is COc1ccc(C(=O)Nc2ccc(C(F)(F)F)cc2)cc1Br. The Balaban J connectivity index is 2.13. The molecule has 0 aromatic heterocycles. The molecule has 7 heteroatoms. The van der Waals surface area contributed by atoms with Crippen molar-refractivity contribution in [1.29, 1.82) is 0 Å². The summed E-state index contributed by atoms with van der Waals surface area (Å²) in [7, 11) is 1.50. The Hall–Kier alpha value is -2.02. The maximum absolute atomic E-state index is 12.5. The van der Waals surface area contributed by atoms with Crippen LogP contribution in [-0.2, 0) is 6.18 Å². The van der Waals surface area contributed by atoms with Crippen LogP contribution in [0.3, 0.4) is 0 Å². The smallest absolute Gasteiger partial charge is 0.416 e. The maximum Gasteiger partial charge on any atom is 0.416 e. The lowest BCUT2D eigenvalue weighted by Gasteiger charge is -2.10. The molecule has 0 bridgehead atoms. The van der Waals surface area contributed by atoms with Crippen molar-refractivity contribution in [3.8, 4) is 5.75 Å². The number of ether oxygens (including phenoxy) is 1. The Labute approximate surface area is 133 Å². The minimum atomic E-state index is -4.40. The van der Waals surface area contributed by atoms with Crippen LogP contribution in [0.2, 0.25) is 0 Å². The van der Waals surface area contributed by atoms with Crippen LogP contribution in [0.25, 0.3) is 0 Å². The molecule has 0 radical (unpaired) electrons. The number of anilines is 1. The monoisotopic (exact) mass is 373 g/mol. The van der Waals surface area contributed by atoms with Gasteiger partial charge in [0.25, 0.3) is 5.91 Å². The fourth-order valence-electron chi connectivity index (χ4n) is 1.75. The highest BCUT2D eigenvalue weighted by Crippen LogP contribution is 2.30. The van der Waals surface area contributed by atoms with E-state index in [0.717, 1.165) is 12.1 Å². The lowest BCUT2D eigenvalue weighted by Crippen LogP contribution is -2.12. The summed E-state index contributed by atoms with van der Waals surface area (Å²) in [5, 5.41) is 2.53. The molecule has 0 heterocycles. The number of methoxy groups -OCH3 is 1. The van der Waals surface area contributed by atoms with Crippen molar-refractivity contribution in [2.45, 2.75) is 6.18 Å². The second-order valence-corrected chi connectivity index (χ2v) is 5.23. The molecule has 22 heavy (non-hydrogen) atoms. The molecule has 0 aliphatic heterocycles. The number of hydrogen-bond acceptors (Lipinski definition) is 2. The number of benzene rings is 2. The second kappa shape index (κ2) is 6.39. The molecule has 2 aromatic rings. The van der Waals surface area contributed by atoms with Gasteiger partial charge >= 0.3 is 6.18 Å². The van der Waals surface area contributed by atoms with E-state index in [1.807, 2.05) is 0 Å². The first-order chi connectivity index (χ1) is 10.3. The molecule has 2 aromatic carbocycles. The number of nitrogens with one attached hydrogen (secondary N) is 1. The zero-order valence-electron chi connectivity index (χ0n) is 11.4. The van der Waals surface area contributed by atoms with Gasteiger partial charge in [0, 0.05) is 11.3 Å². The maximum atomic E-state index is 12.5. The van der Waals surface area contributed by atoms with Crippen LogP contribution >= 0.6 is 15.9 Å². The average molecular weight is 374 g/mol. The van der Waals surface area contributed by atoms with E-state index >= 15 is 0 Å². The van der Waals surface area contributed by atoms with Crippen LogP contribution in [0.5, 0.6) is 5.75 Å². The Morgan fingerprint density at radius 1 is 1.14 bits per heavy atom. The summed E-state index contributed by atoms with van der Waals surface area (Å²) in [6.45, 7) is 0. The molecule has 0 aliphatic carbocycles. The third-order valence-electron chi connectivity index (χ3n) is 2.88. The lowest BCUT2D eigenvalue weighted by molar-refractivity contribution is -0.137. The summed E-state index contributed by atoms with van der Waals surface area (Å²) in [6.07, 6.45) is -4.40. The molecule has 0 unspecified atom stereocenters. The topological polar surface area (TPSA) is 38.3 Å². The summed E-state index contributed by atoms with van der Waals surface area (Å²) in [4.78, 5) is 12.1. The largest absolute Gasteiger partial charge is 0.496 e. The molecular weight excluding hydrogens is 363 g/mol. The number of halogens is 4. The van der Waals surface area contributed by atoms with Crippen molar-refractivity contribution >= 4 is 27.5 Å². The fourth-order valence-corrected chi connectivity index (χ4v) is 2.29. The van der Waals surface area contributed by atoms with Crippen molar-refractivity contribution in [2.75, 3.05) is 12.4 Å². The van der Waals surface area contributed by atoms with Crippen LogP contribution in [0, 0.1) is 0 Å². The minimum absolute atomic E-state index is 0.282. The van der Waals surface area contributed by atoms with Gasteiger partial charge in [-0.3, -0.25) is 4.79 Å². The Morgan fingerprint density at radius 3 is 2.27 bits per heavy atom. The van der Waals surface area contributed by atoms with Crippen molar-refractivity contribution in [2.24, 2.45) is 0 Å². The summed E-state index contributed by atoms with van der Waals surface area (Å²) < 4.78 is 43.0. The number of carbonyl (C=O) groups is 1. The molecule has 0 aliphatic rings. The highest BCUT2D eigenvalue weighted by Gasteiger charge is 2.29. The second-order valence-electron chi connectivity index (χ2n) is 4.38. The van der Waals surface area contributed by atoms with E-state index in [1.54, 1.807) is 18.2 Å². The first-order valence-corrected chi connectivity index (χ1v) is 6.92. The number of rotatable bonds is 3. The third kappa shape index (κ3) is 3.79. The normalized spacial score (nSPS) is 11.1. The summed E-state index contributed by atoms with van der Waals surface area (Å²) >= 11 is 3.26. The fraction of sp³-hybridized carbons (Fsp3) is 0.133. The zero-order valence-corrected chi connectivity index (χ0v) is 13.0. The van der Waals surface area contributed by atoms with Gasteiger partial charge < -0.3 is 10.1 Å². The van der Waals surface area contributed by atoms with E-state index in [1.165, 1.54) is 19.2 Å². The van der Waals surface area contributed by atoms with Crippen LogP contribution in [0.15, 0.2) is 46.9 Å². The van der Waals surface area contributed by atoms with Crippen LogP contribution in [-0.4, -0.2) is 13.0 Å². The molecule has 116 valence electrons. The van der Waals surface area contributed by atoms with E-state index < -0.39 is 17.6 Å². The molecule has 0 atom stereocenters. The van der Waals surface area contributed by atoms with Crippen LogP contribution < -0.4 is 10.1 Å². The molecule has 0 saturated carbocycles. The van der Waals surface area contributed by atoms with Crippen molar-refractivity contribution < 1.29 is 22.7 Å². The number of amides is 1. The van der Waals surface area contributed by atoms with Crippen LogP contribution in [0.1, 0.15) is 15.9 Å². The number of hydrogen-bond donors (Lipinski definition) is 1. The van der Waals surface area contributed by atoms with Crippen molar-refractivity contribution in [1.82, 2.24) is 0 Å². The third-order valence-corrected chi connectivity index (χ3v) is 3.50. The van der Waals surface area contributed by atoms with E-state index in [-0.39, 0.29) is 5.69 Å². The summed E-state index contributed by atoms with van der Waals surface area (Å²) in [5.41, 5.74) is -0.129. The van der Waals surface area contributed by atoms with Crippen molar-refractivity contribution in [3.05, 3.63) is 58.1 Å². The van der Waals surface area contributed by atoms with E-state index in [2.05, 4.69) is 21.2 Å². The quantitative estimate of drug-likeness (QED) is 0.844. The molecular formula is C15H11BrF3NO2.